The highest BCUT2D eigenvalue weighted by molar-refractivity contribution is 7.98. The highest BCUT2D eigenvalue weighted by Gasteiger charge is 2.18. The maximum absolute atomic E-state index is 5.82. The molecule has 0 atom stereocenters. The molecule has 0 aliphatic heterocycles. The zero-order valence-electron chi connectivity index (χ0n) is 16.4. The van der Waals surface area contributed by atoms with Crippen LogP contribution in [0.5, 0.6) is 23.0 Å². The summed E-state index contributed by atoms with van der Waals surface area (Å²) in [7, 11) is 6.34. The normalized spacial score (nSPS) is 10.6. The predicted molar refractivity (Wildman–Crippen MR) is 107 cm³/mol. The first-order valence-corrected chi connectivity index (χ1v) is 9.48. The lowest BCUT2D eigenvalue weighted by atomic mass is 10.1. The van der Waals surface area contributed by atoms with Crippen LogP contribution in [0.4, 0.5) is 0 Å². The van der Waals surface area contributed by atoms with Crippen molar-refractivity contribution in [2.24, 2.45) is 0 Å². The number of thioether (sulfide) groups is 1. The molecular weight excluding hydrogens is 380 g/mol. The topological polar surface area (TPSA) is 75.8 Å². The van der Waals surface area contributed by atoms with Crippen molar-refractivity contribution in [1.29, 1.82) is 0 Å². The fourth-order valence-corrected chi connectivity index (χ4v) is 3.49. The van der Waals surface area contributed by atoms with Crippen LogP contribution in [-0.4, -0.2) is 38.6 Å². The minimum atomic E-state index is 0.373. The van der Waals surface area contributed by atoms with Crippen LogP contribution in [-0.2, 0) is 5.75 Å². The molecule has 7 nitrogen and oxygen atoms in total. The van der Waals surface area contributed by atoms with E-state index in [-0.39, 0.29) is 0 Å². The van der Waals surface area contributed by atoms with Crippen molar-refractivity contribution in [2.75, 3.05) is 28.4 Å². The van der Waals surface area contributed by atoms with Crippen LogP contribution in [0.1, 0.15) is 11.1 Å². The molecule has 3 aromatic rings. The minimum absolute atomic E-state index is 0.373. The van der Waals surface area contributed by atoms with Crippen molar-refractivity contribution < 1.29 is 23.4 Å². The number of aryl methyl sites for hydroxylation is 1. The van der Waals surface area contributed by atoms with Gasteiger partial charge in [0.2, 0.25) is 11.6 Å². The number of methoxy groups -OCH3 is 4. The molecule has 0 aliphatic rings. The van der Waals surface area contributed by atoms with E-state index in [1.807, 2.05) is 19.1 Å². The first kappa shape index (κ1) is 19.9. The number of ether oxygens (including phenoxy) is 4. The molecule has 0 saturated heterocycles. The molecule has 3 rings (SSSR count). The summed E-state index contributed by atoms with van der Waals surface area (Å²) in [6, 6.07) is 9.60. The Labute approximate surface area is 168 Å². The van der Waals surface area contributed by atoms with Gasteiger partial charge in [-0.15, -0.1) is 10.2 Å². The van der Waals surface area contributed by atoms with Crippen molar-refractivity contribution in [1.82, 2.24) is 10.2 Å². The molecule has 0 amide bonds. The van der Waals surface area contributed by atoms with Gasteiger partial charge in [0.25, 0.3) is 5.22 Å². The van der Waals surface area contributed by atoms with Gasteiger partial charge in [-0.3, -0.25) is 0 Å². The Bertz CT molecular complexity index is 933. The summed E-state index contributed by atoms with van der Waals surface area (Å²) in [5, 5.41) is 8.74. The fraction of sp³-hybridized carbons (Fsp3) is 0.300. The van der Waals surface area contributed by atoms with Gasteiger partial charge < -0.3 is 23.4 Å². The van der Waals surface area contributed by atoms with Crippen molar-refractivity contribution >= 4 is 11.8 Å². The predicted octanol–water partition coefficient (Wildman–Crippen LogP) is 4.37. The van der Waals surface area contributed by atoms with Crippen LogP contribution >= 0.6 is 11.8 Å². The molecule has 148 valence electrons. The zero-order chi connectivity index (χ0) is 20.1. The van der Waals surface area contributed by atoms with Gasteiger partial charge in [0, 0.05) is 16.9 Å². The van der Waals surface area contributed by atoms with Crippen LogP contribution in [0, 0.1) is 6.92 Å². The van der Waals surface area contributed by atoms with E-state index in [1.54, 1.807) is 40.6 Å². The lowest BCUT2D eigenvalue weighted by molar-refractivity contribution is 0.324. The van der Waals surface area contributed by atoms with Crippen LogP contribution < -0.4 is 18.9 Å². The number of rotatable bonds is 8. The van der Waals surface area contributed by atoms with Crippen LogP contribution in [0.3, 0.4) is 0 Å². The monoisotopic (exact) mass is 402 g/mol. The molecule has 0 aliphatic carbocycles. The second-order valence-corrected chi connectivity index (χ2v) is 6.82. The Kier molecular flexibility index (Phi) is 6.30. The number of hydrogen-bond donors (Lipinski definition) is 0. The molecular formula is C20H22N2O5S. The SMILES string of the molecule is COc1ccc(C)cc1CSc1nnc(-c2cc(OC)c(OC)c(OC)c2)o1. The molecule has 28 heavy (non-hydrogen) atoms. The fourth-order valence-electron chi connectivity index (χ4n) is 2.75. The molecule has 0 bridgehead atoms. The molecule has 8 heteroatoms. The van der Waals surface area contributed by atoms with Crippen molar-refractivity contribution in [3.63, 3.8) is 0 Å². The molecule has 1 heterocycles. The second kappa shape index (κ2) is 8.88. The first-order chi connectivity index (χ1) is 13.6. The smallest absolute Gasteiger partial charge is 0.277 e. The molecule has 1 aromatic heterocycles. The number of nitrogens with zero attached hydrogens (tertiary/aromatic N) is 2. The Morgan fingerprint density at radius 2 is 1.54 bits per heavy atom. The van der Waals surface area contributed by atoms with Gasteiger partial charge >= 0.3 is 0 Å². The number of hydrogen-bond acceptors (Lipinski definition) is 8. The maximum Gasteiger partial charge on any atom is 0.277 e. The summed E-state index contributed by atoms with van der Waals surface area (Å²) in [6.45, 7) is 2.04. The summed E-state index contributed by atoms with van der Waals surface area (Å²) in [6.07, 6.45) is 0. The summed E-state index contributed by atoms with van der Waals surface area (Å²) in [4.78, 5) is 0. The zero-order valence-corrected chi connectivity index (χ0v) is 17.3. The van der Waals surface area contributed by atoms with E-state index in [4.69, 9.17) is 23.4 Å². The Morgan fingerprint density at radius 1 is 0.857 bits per heavy atom. The standard InChI is InChI=1S/C20H22N2O5S/c1-12-6-7-15(23-2)14(8-12)11-28-20-22-21-19(27-20)13-9-16(24-3)18(26-5)17(10-13)25-4/h6-10H,11H2,1-5H3. The van der Waals surface area contributed by atoms with Crippen molar-refractivity contribution in [3.8, 4) is 34.5 Å². The number of aromatic nitrogens is 2. The molecule has 2 aromatic carbocycles. The van der Waals surface area contributed by atoms with Crippen LogP contribution in [0.2, 0.25) is 0 Å². The van der Waals surface area contributed by atoms with Gasteiger partial charge in [0.1, 0.15) is 5.75 Å². The average Bonchev–Trinajstić information content (AvgIpc) is 3.20. The molecule has 0 spiro atoms. The first-order valence-electron chi connectivity index (χ1n) is 8.49. The lowest BCUT2D eigenvalue weighted by Crippen LogP contribution is -1.95. The molecule has 0 saturated carbocycles. The van der Waals surface area contributed by atoms with Gasteiger partial charge in [-0.2, -0.15) is 0 Å². The largest absolute Gasteiger partial charge is 0.496 e. The van der Waals surface area contributed by atoms with Crippen molar-refractivity contribution in [3.05, 3.63) is 41.5 Å². The van der Waals surface area contributed by atoms with Crippen molar-refractivity contribution in [2.45, 2.75) is 17.9 Å². The van der Waals surface area contributed by atoms with Gasteiger partial charge in [-0.05, 0) is 25.1 Å². The average molecular weight is 402 g/mol. The van der Waals surface area contributed by atoms with Gasteiger partial charge in [-0.25, -0.2) is 0 Å². The molecule has 0 N–H and O–H groups in total. The molecule has 0 unspecified atom stereocenters. The third-order valence-electron chi connectivity index (χ3n) is 4.11. The Morgan fingerprint density at radius 3 is 2.14 bits per heavy atom. The summed E-state index contributed by atoms with van der Waals surface area (Å²) in [5.41, 5.74) is 2.92. The van der Waals surface area contributed by atoms with E-state index in [0.717, 1.165) is 11.3 Å². The Hall–Kier alpha value is -2.87. The minimum Gasteiger partial charge on any atom is -0.496 e. The van der Waals surface area contributed by atoms with Gasteiger partial charge in [-0.1, -0.05) is 29.5 Å². The van der Waals surface area contributed by atoms with Gasteiger partial charge in [0.05, 0.1) is 28.4 Å². The van der Waals surface area contributed by atoms with E-state index in [0.29, 0.717) is 39.7 Å². The molecule has 0 fully saturated rings. The van der Waals surface area contributed by atoms with Gasteiger partial charge in [0.15, 0.2) is 11.5 Å². The quantitative estimate of drug-likeness (QED) is 0.514. The van der Waals surface area contributed by atoms with Crippen LogP contribution in [0.25, 0.3) is 11.5 Å². The van der Waals surface area contributed by atoms with E-state index < -0.39 is 0 Å². The van der Waals surface area contributed by atoms with Crippen LogP contribution in [0.15, 0.2) is 40.0 Å². The maximum atomic E-state index is 5.82. The summed E-state index contributed by atoms with van der Waals surface area (Å²) >= 11 is 1.45. The second-order valence-electron chi connectivity index (χ2n) is 5.89. The number of benzene rings is 2. The van der Waals surface area contributed by atoms with E-state index in [2.05, 4.69) is 16.3 Å². The summed E-state index contributed by atoms with van der Waals surface area (Å²) in [5.74, 6) is 3.42. The highest BCUT2D eigenvalue weighted by atomic mass is 32.2. The third-order valence-corrected chi connectivity index (χ3v) is 4.97. The lowest BCUT2D eigenvalue weighted by Gasteiger charge is -2.12. The van der Waals surface area contributed by atoms with E-state index >= 15 is 0 Å². The third kappa shape index (κ3) is 4.17. The van der Waals surface area contributed by atoms with E-state index in [9.17, 15) is 0 Å². The Balaban J connectivity index is 1.82. The molecule has 0 radical (unpaired) electrons. The van der Waals surface area contributed by atoms with E-state index in [1.165, 1.54) is 17.3 Å². The summed E-state index contributed by atoms with van der Waals surface area (Å²) < 4.78 is 27.3. The highest BCUT2D eigenvalue weighted by Crippen LogP contribution is 2.41.